The van der Waals surface area contributed by atoms with Gasteiger partial charge in [-0.3, -0.25) is 0 Å². The van der Waals surface area contributed by atoms with Crippen LogP contribution in [-0.2, 0) is 38.6 Å². The minimum Gasteiger partial charge on any atom is -0.455 e. The van der Waals surface area contributed by atoms with Crippen LogP contribution in [0.3, 0.4) is 0 Å². The summed E-state index contributed by atoms with van der Waals surface area (Å²) in [6.45, 7) is 12.7. The molecule has 0 N–H and O–H groups in total. The molecule has 1 aliphatic rings. The summed E-state index contributed by atoms with van der Waals surface area (Å²) in [4.78, 5) is 0.129. The lowest BCUT2D eigenvalue weighted by Gasteiger charge is -2.32. The van der Waals surface area contributed by atoms with E-state index in [1.807, 2.05) is 34.6 Å². The minimum absolute atomic E-state index is 0.0826. The third kappa shape index (κ3) is 5.96. The molecule has 0 amide bonds. The summed E-state index contributed by atoms with van der Waals surface area (Å²) in [6, 6.07) is 12.6. The number of benzene rings is 2. The Morgan fingerprint density at radius 3 is 1.87 bits per heavy atom. The number of furan rings is 1. The third-order valence-electron chi connectivity index (χ3n) is 7.34. The molecule has 2 aromatic carbocycles. The summed E-state index contributed by atoms with van der Waals surface area (Å²) < 4.78 is 85.6. The molecule has 0 atom stereocenters. The molecule has 11 heteroatoms. The Labute approximate surface area is 228 Å². The summed E-state index contributed by atoms with van der Waals surface area (Å²) in [5, 5.41) is 0. The second-order valence-corrected chi connectivity index (χ2v) is 13.0. The number of rotatable bonds is 7. The van der Waals surface area contributed by atoms with Crippen LogP contribution < -0.4 is 5.46 Å². The molecule has 0 saturated carbocycles. The van der Waals surface area contributed by atoms with E-state index >= 15 is 0 Å². The van der Waals surface area contributed by atoms with Crippen molar-refractivity contribution in [2.24, 2.45) is 0 Å². The Morgan fingerprint density at radius 2 is 1.38 bits per heavy atom. The van der Waals surface area contributed by atoms with Crippen molar-refractivity contribution in [3.63, 3.8) is 0 Å². The van der Waals surface area contributed by atoms with Crippen LogP contribution in [0.4, 0.5) is 13.2 Å². The van der Waals surface area contributed by atoms with Gasteiger partial charge in [-0.2, -0.15) is 17.5 Å². The largest absolute Gasteiger partial charge is 0.494 e. The number of alkyl halides is 3. The van der Waals surface area contributed by atoms with Gasteiger partial charge < -0.3 is 13.7 Å². The number of aryl methyl sites for hydroxylation is 3. The van der Waals surface area contributed by atoms with Crippen LogP contribution in [-0.4, -0.2) is 31.0 Å². The molecule has 39 heavy (non-hydrogen) atoms. The second-order valence-electron chi connectivity index (χ2n) is 11.1. The highest BCUT2D eigenvalue weighted by Gasteiger charge is 2.51. The van der Waals surface area contributed by atoms with Crippen molar-refractivity contribution in [1.82, 2.24) is 4.31 Å². The van der Waals surface area contributed by atoms with Crippen LogP contribution >= 0.6 is 0 Å². The number of hydrogen-bond acceptors (Lipinski definition) is 5. The summed E-state index contributed by atoms with van der Waals surface area (Å²) in [5.41, 5.74) is 2.43. The Hall–Kier alpha value is -2.60. The van der Waals surface area contributed by atoms with Crippen LogP contribution in [0.5, 0.6) is 0 Å². The van der Waals surface area contributed by atoms with Crippen molar-refractivity contribution in [2.75, 3.05) is 0 Å². The summed E-state index contributed by atoms with van der Waals surface area (Å²) in [5.74, 6) is -1.29. The van der Waals surface area contributed by atoms with E-state index in [1.165, 1.54) is 0 Å². The molecule has 1 fully saturated rings. The van der Waals surface area contributed by atoms with Crippen molar-refractivity contribution in [3.8, 4) is 0 Å². The zero-order chi connectivity index (χ0) is 29.0. The van der Waals surface area contributed by atoms with E-state index in [-0.39, 0.29) is 23.7 Å². The highest BCUT2D eigenvalue weighted by Crippen LogP contribution is 2.37. The molecule has 2 heterocycles. The van der Waals surface area contributed by atoms with Gasteiger partial charge in [0.1, 0.15) is 5.76 Å². The maximum Gasteiger partial charge on any atom is 0.494 e. The van der Waals surface area contributed by atoms with Gasteiger partial charge in [0.15, 0.2) is 0 Å². The predicted molar refractivity (Wildman–Crippen MR) is 143 cm³/mol. The maximum atomic E-state index is 13.9. The maximum absolute atomic E-state index is 13.9. The SMILES string of the molecule is Cc1cc(C)c(S(=O)(=O)N(Cc2ccc(B3OC(C)(C)C(C)(C)O3)cc2)Cc2ccc(C(F)(F)F)o2)c(C)c1. The summed E-state index contributed by atoms with van der Waals surface area (Å²) >= 11 is 0. The zero-order valence-electron chi connectivity index (χ0n) is 23.1. The number of nitrogens with zero attached hydrogens (tertiary/aromatic N) is 1. The highest BCUT2D eigenvalue weighted by atomic mass is 32.2. The van der Waals surface area contributed by atoms with E-state index in [9.17, 15) is 21.6 Å². The van der Waals surface area contributed by atoms with E-state index in [1.54, 1.807) is 50.2 Å². The first kappa shape index (κ1) is 29.4. The topological polar surface area (TPSA) is 69.0 Å². The van der Waals surface area contributed by atoms with Crippen molar-refractivity contribution in [3.05, 3.63) is 82.3 Å². The van der Waals surface area contributed by atoms with Gasteiger partial charge in [-0.05, 0) is 82.8 Å². The third-order valence-corrected chi connectivity index (χ3v) is 9.44. The summed E-state index contributed by atoms with van der Waals surface area (Å²) in [7, 11) is -4.69. The van der Waals surface area contributed by atoms with Crippen molar-refractivity contribution in [1.29, 1.82) is 0 Å². The lowest BCUT2D eigenvalue weighted by Crippen LogP contribution is -2.41. The van der Waals surface area contributed by atoms with E-state index in [0.717, 1.165) is 27.5 Å². The first-order valence-corrected chi connectivity index (χ1v) is 14.0. The highest BCUT2D eigenvalue weighted by molar-refractivity contribution is 7.89. The molecule has 3 aromatic rings. The molecule has 1 aromatic heterocycles. The first-order chi connectivity index (χ1) is 17.9. The number of hydrogen-bond donors (Lipinski definition) is 0. The molecule has 0 radical (unpaired) electrons. The van der Waals surface area contributed by atoms with E-state index < -0.39 is 40.3 Å². The average molecular weight is 563 g/mol. The van der Waals surface area contributed by atoms with Gasteiger partial charge in [0.25, 0.3) is 0 Å². The second kappa shape index (κ2) is 10.1. The molecule has 0 unspecified atom stereocenters. The van der Waals surface area contributed by atoms with Gasteiger partial charge >= 0.3 is 13.3 Å². The minimum atomic E-state index is -4.67. The monoisotopic (exact) mass is 563 g/mol. The molecule has 1 aliphatic heterocycles. The number of sulfonamides is 1. The van der Waals surface area contributed by atoms with Gasteiger partial charge in [0.05, 0.1) is 22.6 Å². The molecular weight excluding hydrogens is 530 g/mol. The van der Waals surface area contributed by atoms with Gasteiger partial charge in [0, 0.05) is 6.54 Å². The Bertz CT molecular complexity index is 1420. The van der Waals surface area contributed by atoms with Crippen LogP contribution in [0.15, 0.2) is 57.8 Å². The average Bonchev–Trinajstić information content (AvgIpc) is 3.34. The normalized spacial score (nSPS) is 17.3. The van der Waals surface area contributed by atoms with Crippen LogP contribution in [0.2, 0.25) is 0 Å². The standard InChI is InChI=1S/C28H33BF3NO5S/c1-18-14-19(2)25(20(3)15-18)39(34,35)33(17-23-12-13-24(36-23)28(30,31)32)16-21-8-10-22(11-9-21)29-37-26(4,5)27(6,7)38-29/h8-15H,16-17H2,1-7H3. The molecule has 210 valence electrons. The lowest BCUT2D eigenvalue weighted by atomic mass is 9.79. The van der Waals surface area contributed by atoms with Gasteiger partial charge in [-0.1, -0.05) is 42.0 Å². The Kier molecular flexibility index (Phi) is 7.61. The predicted octanol–water partition coefficient (Wildman–Crippen LogP) is 5.91. The zero-order valence-corrected chi connectivity index (χ0v) is 24.0. The molecule has 1 saturated heterocycles. The molecule has 0 aliphatic carbocycles. The fourth-order valence-electron chi connectivity index (χ4n) is 4.68. The van der Waals surface area contributed by atoms with Gasteiger partial charge in [-0.25, -0.2) is 8.42 Å². The number of halogens is 3. The van der Waals surface area contributed by atoms with Crippen LogP contribution in [0.25, 0.3) is 0 Å². The Morgan fingerprint density at radius 1 is 0.846 bits per heavy atom. The van der Waals surface area contributed by atoms with E-state index in [4.69, 9.17) is 13.7 Å². The molecule has 6 nitrogen and oxygen atoms in total. The smallest absolute Gasteiger partial charge is 0.455 e. The van der Waals surface area contributed by atoms with Crippen LogP contribution in [0.1, 0.15) is 61.5 Å². The first-order valence-electron chi connectivity index (χ1n) is 12.6. The quantitative estimate of drug-likeness (QED) is 0.334. The van der Waals surface area contributed by atoms with Crippen LogP contribution in [0, 0.1) is 20.8 Å². The van der Waals surface area contributed by atoms with Gasteiger partial charge in [0.2, 0.25) is 15.8 Å². The Balaban J connectivity index is 1.66. The molecular formula is C28H33BF3NO5S. The van der Waals surface area contributed by atoms with E-state index in [2.05, 4.69) is 0 Å². The summed E-state index contributed by atoms with van der Waals surface area (Å²) in [6.07, 6.45) is -4.67. The van der Waals surface area contributed by atoms with Crippen molar-refractivity contribution >= 4 is 22.6 Å². The molecule has 4 rings (SSSR count). The lowest BCUT2D eigenvalue weighted by molar-refractivity contribution is -0.153. The molecule has 0 bridgehead atoms. The van der Waals surface area contributed by atoms with Crippen molar-refractivity contribution in [2.45, 2.75) is 83.8 Å². The fourth-order valence-corrected chi connectivity index (χ4v) is 6.49. The fraction of sp³-hybridized carbons (Fsp3) is 0.429. The van der Waals surface area contributed by atoms with Gasteiger partial charge in [-0.15, -0.1) is 0 Å². The van der Waals surface area contributed by atoms with Crippen molar-refractivity contribution < 1.29 is 35.3 Å². The van der Waals surface area contributed by atoms with E-state index in [0.29, 0.717) is 16.7 Å². The molecule has 0 spiro atoms.